The van der Waals surface area contributed by atoms with E-state index < -0.39 is 16.1 Å². The number of anilines is 1. The molecule has 0 bridgehead atoms. The summed E-state index contributed by atoms with van der Waals surface area (Å²) in [6.07, 6.45) is 1.40. The highest BCUT2D eigenvalue weighted by atomic mass is 32.2. The van der Waals surface area contributed by atoms with Crippen molar-refractivity contribution < 1.29 is 24.0 Å². The van der Waals surface area contributed by atoms with Gasteiger partial charge in [0.1, 0.15) is 5.25 Å². The highest BCUT2D eigenvalue weighted by Gasteiger charge is 2.32. The molecule has 2 aromatic carbocycles. The van der Waals surface area contributed by atoms with Gasteiger partial charge in [-0.2, -0.15) is 5.10 Å². The Balaban J connectivity index is 1.56. The minimum absolute atomic E-state index is 0.0804. The molecule has 0 aromatic heterocycles. The molecule has 1 atom stereocenters. The third-order valence-corrected chi connectivity index (χ3v) is 5.34. The molecule has 2 N–H and O–H groups in total. The lowest BCUT2D eigenvalue weighted by atomic mass is 10.2. The van der Waals surface area contributed by atoms with Gasteiger partial charge in [-0.25, -0.2) is 0 Å². The molecule has 1 fully saturated rings. The van der Waals surface area contributed by atoms with Gasteiger partial charge in [-0.05, 0) is 35.9 Å². The first-order chi connectivity index (χ1) is 15.4. The van der Waals surface area contributed by atoms with Crippen molar-refractivity contribution in [3.8, 4) is 11.5 Å². The fourth-order valence-electron chi connectivity index (χ4n) is 2.71. The van der Waals surface area contributed by atoms with E-state index in [1.54, 1.807) is 25.3 Å². The molecule has 1 aliphatic heterocycles. The summed E-state index contributed by atoms with van der Waals surface area (Å²) in [5.74, 6) is 0.381. The summed E-state index contributed by atoms with van der Waals surface area (Å²) in [5.41, 5.74) is 1.04. The molecule has 3 rings (SSSR count). The third-order valence-electron chi connectivity index (χ3n) is 4.27. The average Bonchev–Trinajstić information content (AvgIpc) is 3.12. The molecule has 0 spiro atoms. The number of nitro benzene ring substituents is 1. The van der Waals surface area contributed by atoms with Gasteiger partial charge in [0.2, 0.25) is 11.8 Å². The van der Waals surface area contributed by atoms with Crippen LogP contribution in [0, 0.1) is 10.1 Å². The maximum absolute atomic E-state index is 12.2. The molecule has 1 unspecified atom stereocenters. The lowest BCUT2D eigenvalue weighted by molar-refractivity contribution is -0.384. The number of amidine groups is 1. The van der Waals surface area contributed by atoms with Crippen molar-refractivity contribution in [2.24, 2.45) is 10.2 Å². The van der Waals surface area contributed by atoms with Crippen LogP contribution in [-0.2, 0) is 9.59 Å². The molecule has 0 radical (unpaired) electrons. The molecular formula is C20H19N5O6S. The zero-order valence-electron chi connectivity index (χ0n) is 17.1. The average molecular weight is 457 g/mol. The first-order valence-corrected chi connectivity index (χ1v) is 10.1. The van der Waals surface area contributed by atoms with Gasteiger partial charge < -0.3 is 20.1 Å². The molecule has 0 aliphatic carbocycles. The molecule has 12 heteroatoms. The molecule has 2 amide bonds. The van der Waals surface area contributed by atoms with E-state index in [4.69, 9.17) is 9.47 Å². The van der Waals surface area contributed by atoms with Gasteiger partial charge in [0, 0.05) is 24.2 Å². The Morgan fingerprint density at radius 2 is 1.94 bits per heavy atom. The zero-order chi connectivity index (χ0) is 23.1. The number of ether oxygens (including phenoxy) is 2. The lowest BCUT2D eigenvalue weighted by Crippen LogP contribution is -2.28. The monoisotopic (exact) mass is 457 g/mol. The van der Waals surface area contributed by atoms with Gasteiger partial charge in [-0.3, -0.25) is 19.7 Å². The molecule has 32 heavy (non-hydrogen) atoms. The minimum Gasteiger partial charge on any atom is -0.493 e. The number of methoxy groups -OCH3 is 2. The standard InChI is InChI=1S/C20H19N5O6S/c1-30-15-8-3-12(9-16(15)31-2)11-21-24-20-23-19(27)17(32-20)10-18(26)22-13-4-6-14(7-5-13)25(28)29/h3-9,11,17H,10H2,1-2H3,(H,22,26)(H,23,24,27)/b21-11+. The van der Waals surface area contributed by atoms with E-state index in [0.29, 0.717) is 17.2 Å². The maximum Gasteiger partial charge on any atom is 0.269 e. The van der Waals surface area contributed by atoms with Gasteiger partial charge in [-0.15, -0.1) is 5.10 Å². The summed E-state index contributed by atoms with van der Waals surface area (Å²) in [6, 6.07) is 10.7. The van der Waals surface area contributed by atoms with Gasteiger partial charge in [0.15, 0.2) is 16.7 Å². The van der Waals surface area contributed by atoms with Crippen LogP contribution in [0.1, 0.15) is 12.0 Å². The van der Waals surface area contributed by atoms with Gasteiger partial charge >= 0.3 is 0 Å². The number of nitrogens with zero attached hydrogens (tertiary/aromatic N) is 3. The normalized spacial score (nSPS) is 16.8. The number of thioether (sulfide) groups is 1. The van der Waals surface area contributed by atoms with E-state index in [1.165, 1.54) is 37.6 Å². The molecule has 1 saturated heterocycles. The van der Waals surface area contributed by atoms with E-state index in [2.05, 4.69) is 20.8 Å². The summed E-state index contributed by atoms with van der Waals surface area (Å²) in [7, 11) is 3.07. The van der Waals surface area contributed by atoms with Crippen molar-refractivity contribution in [1.29, 1.82) is 0 Å². The summed E-state index contributed by atoms with van der Waals surface area (Å²) in [4.78, 5) is 34.5. The number of hydrogen-bond acceptors (Lipinski definition) is 9. The second-order valence-corrected chi connectivity index (χ2v) is 7.61. The van der Waals surface area contributed by atoms with Crippen LogP contribution in [-0.4, -0.2) is 47.6 Å². The summed E-state index contributed by atoms with van der Waals surface area (Å²) in [5, 5.41) is 23.4. The van der Waals surface area contributed by atoms with Gasteiger partial charge in [-0.1, -0.05) is 11.8 Å². The quantitative estimate of drug-likeness (QED) is 0.352. The molecule has 0 saturated carbocycles. The van der Waals surface area contributed by atoms with E-state index in [9.17, 15) is 19.7 Å². The van der Waals surface area contributed by atoms with Crippen LogP contribution in [0.25, 0.3) is 0 Å². The zero-order valence-corrected chi connectivity index (χ0v) is 17.9. The van der Waals surface area contributed by atoms with Crippen molar-refractivity contribution >= 4 is 46.3 Å². The Labute approximate surface area is 187 Å². The molecular weight excluding hydrogens is 438 g/mol. The predicted octanol–water partition coefficient (Wildman–Crippen LogP) is 2.56. The van der Waals surface area contributed by atoms with Crippen molar-refractivity contribution in [3.63, 3.8) is 0 Å². The molecule has 11 nitrogen and oxygen atoms in total. The summed E-state index contributed by atoms with van der Waals surface area (Å²) >= 11 is 1.09. The number of rotatable bonds is 8. The number of carbonyl (C=O) groups is 2. The summed E-state index contributed by atoms with van der Waals surface area (Å²) < 4.78 is 10.4. The number of benzene rings is 2. The maximum atomic E-state index is 12.2. The smallest absolute Gasteiger partial charge is 0.269 e. The number of amides is 2. The molecule has 2 aromatic rings. The van der Waals surface area contributed by atoms with Crippen LogP contribution in [0.15, 0.2) is 52.7 Å². The first-order valence-electron chi connectivity index (χ1n) is 9.24. The largest absolute Gasteiger partial charge is 0.493 e. The van der Waals surface area contributed by atoms with Crippen LogP contribution in [0.3, 0.4) is 0 Å². The molecule has 1 aliphatic rings. The highest BCUT2D eigenvalue weighted by molar-refractivity contribution is 8.15. The van der Waals surface area contributed by atoms with Crippen LogP contribution in [0.4, 0.5) is 11.4 Å². The van der Waals surface area contributed by atoms with Crippen molar-refractivity contribution in [2.45, 2.75) is 11.7 Å². The fourth-order valence-corrected chi connectivity index (χ4v) is 3.64. The van der Waals surface area contributed by atoms with Crippen molar-refractivity contribution in [1.82, 2.24) is 5.32 Å². The second-order valence-electron chi connectivity index (χ2n) is 6.42. The minimum atomic E-state index is -0.664. The van der Waals surface area contributed by atoms with Crippen LogP contribution in [0.2, 0.25) is 0 Å². The predicted molar refractivity (Wildman–Crippen MR) is 120 cm³/mol. The number of nitro groups is 1. The summed E-state index contributed by atoms with van der Waals surface area (Å²) in [6.45, 7) is 0. The topological polar surface area (TPSA) is 145 Å². The first kappa shape index (κ1) is 22.7. The molecule has 166 valence electrons. The number of nitrogens with one attached hydrogen (secondary N) is 2. The van der Waals surface area contributed by atoms with E-state index >= 15 is 0 Å². The Morgan fingerprint density at radius 3 is 2.59 bits per heavy atom. The lowest BCUT2D eigenvalue weighted by Gasteiger charge is -2.07. The van der Waals surface area contributed by atoms with Crippen molar-refractivity contribution in [2.75, 3.05) is 19.5 Å². The van der Waals surface area contributed by atoms with Crippen molar-refractivity contribution in [3.05, 3.63) is 58.1 Å². The Bertz CT molecular complexity index is 1090. The molecule has 1 heterocycles. The van der Waals surface area contributed by atoms with E-state index in [-0.39, 0.29) is 23.2 Å². The third kappa shape index (κ3) is 5.82. The van der Waals surface area contributed by atoms with Crippen LogP contribution >= 0.6 is 11.8 Å². The Morgan fingerprint density at radius 1 is 1.22 bits per heavy atom. The van der Waals surface area contributed by atoms with Crippen LogP contribution < -0.4 is 20.1 Å². The van der Waals surface area contributed by atoms with Gasteiger partial charge in [0.25, 0.3) is 5.69 Å². The number of hydrogen-bond donors (Lipinski definition) is 2. The van der Waals surface area contributed by atoms with E-state index in [0.717, 1.165) is 17.3 Å². The fraction of sp³-hybridized carbons (Fsp3) is 0.200. The Hall–Kier alpha value is -3.93. The number of carbonyl (C=O) groups excluding carboxylic acids is 2. The Kier molecular flexibility index (Phi) is 7.39. The van der Waals surface area contributed by atoms with E-state index in [1.807, 2.05) is 0 Å². The second kappa shape index (κ2) is 10.4. The number of non-ortho nitro benzene ring substituents is 1. The van der Waals surface area contributed by atoms with Gasteiger partial charge in [0.05, 0.1) is 25.4 Å². The highest BCUT2D eigenvalue weighted by Crippen LogP contribution is 2.27. The SMILES string of the molecule is COc1ccc(/C=N/N=C2\NC(=O)C(CC(=O)Nc3ccc([N+](=O)[O-])cc3)S2)cc1OC. The van der Waals surface area contributed by atoms with Crippen LogP contribution in [0.5, 0.6) is 11.5 Å².